The zero-order chi connectivity index (χ0) is 13.9. The smallest absolute Gasteiger partial charge is 0.215 e. The van der Waals surface area contributed by atoms with Crippen LogP contribution in [0.5, 0.6) is 0 Å². The molecule has 0 saturated carbocycles. The maximum absolute atomic E-state index is 5.91. The molecule has 0 fully saturated rings. The minimum atomic E-state index is 0.400. The van der Waals surface area contributed by atoms with Crippen molar-refractivity contribution in [3.63, 3.8) is 0 Å². The molecule has 0 spiro atoms. The number of nitrogens with zero attached hydrogens (tertiary/aromatic N) is 5. The van der Waals surface area contributed by atoms with Crippen LogP contribution in [0.15, 0.2) is 55.1 Å². The van der Waals surface area contributed by atoms with Gasteiger partial charge >= 0.3 is 0 Å². The third-order valence-electron chi connectivity index (χ3n) is 2.93. The monoisotopic (exact) mass is 285 g/mol. The van der Waals surface area contributed by atoms with Crippen molar-refractivity contribution in [1.29, 1.82) is 0 Å². The Labute approximate surface area is 121 Å². The van der Waals surface area contributed by atoms with E-state index in [2.05, 4.69) is 15.0 Å². The number of halogens is 1. The highest BCUT2D eigenvalue weighted by Crippen LogP contribution is 2.23. The second-order valence-corrected chi connectivity index (χ2v) is 4.58. The van der Waals surface area contributed by atoms with Crippen LogP contribution in [0.25, 0.3) is 5.82 Å². The quantitative estimate of drug-likeness (QED) is 0.694. The predicted octanol–water partition coefficient (Wildman–Crippen LogP) is 3.08. The molecule has 5 nitrogen and oxygen atoms in total. The lowest BCUT2D eigenvalue weighted by Crippen LogP contribution is -2.15. The molecule has 3 aromatic rings. The first-order valence-corrected chi connectivity index (χ1v) is 6.43. The van der Waals surface area contributed by atoms with Gasteiger partial charge in [-0.25, -0.2) is 15.0 Å². The maximum Gasteiger partial charge on any atom is 0.215 e. The van der Waals surface area contributed by atoms with Crippen molar-refractivity contribution in [2.45, 2.75) is 0 Å². The summed E-state index contributed by atoms with van der Waals surface area (Å²) in [6, 6.07) is 11.7. The second-order valence-electron chi connectivity index (χ2n) is 4.19. The zero-order valence-corrected chi connectivity index (χ0v) is 11.6. The largest absolute Gasteiger partial charge is 0.315 e. The summed E-state index contributed by atoms with van der Waals surface area (Å²) in [5.74, 6) is 1.44. The lowest BCUT2D eigenvalue weighted by atomic mass is 10.3. The number of anilines is 2. The average Bonchev–Trinajstić information content (AvgIpc) is 2.97. The van der Waals surface area contributed by atoms with E-state index in [1.807, 2.05) is 53.0 Å². The summed E-state index contributed by atoms with van der Waals surface area (Å²) in [6.45, 7) is 0. The maximum atomic E-state index is 5.91. The third kappa shape index (κ3) is 2.35. The van der Waals surface area contributed by atoms with Gasteiger partial charge in [0.05, 0.1) is 0 Å². The minimum absolute atomic E-state index is 0.400. The molecular weight excluding hydrogens is 274 g/mol. The Morgan fingerprint density at radius 2 is 1.90 bits per heavy atom. The van der Waals surface area contributed by atoms with Crippen LogP contribution in [0.1, 0.15) is 0 Å². The summed E-state index contributed by atoms with van der Waals surface area (Å²) in [5.41, 5.74) is 1.04. The van der Waals surface area contributed by atoms with E-state index in [1.54, 1.807) is 12.3 Å². The first-order chi connectivity index (χ1) is 9.75. The molecule has 100 valence electrons. The van der Waals surface area contributed by atoms with E-state index in [0.717, 1.165) is 11.6 Å². The molecule has 0 bridgehead atoms. The van der Waals surface area contributed by atoms with Gasteiger partial charge in [0.25, 0.3) is 0 Å². The normalized spacial score (nSPS) is 10.5. The molecule has 6 heteroatoms. The van der Waals surface area contributed by atoms with Crippen molar-refractivity contribution in [2.24, 2.45) is 0 Å². The highest BCUT2D eigenvalue weighted by atomic mass is 35.5. The standard InChI is InChI=1S/C14H12ClN5/c1-19(11-5-3-2-4-6-11)14-16-7-8-20(14)13-9-12(15)17-10-18-13/h2-10H,1H3. The van der Waals surface area contributed by atoms with Gasteiger partial charge in [0.15, 0.2) is 0 Å². The summed E-state index contributed by atoms with van der Waals surface area (Å²) in [7, 11) is 1.96. The Kier molecular flexibility index (Phi) is 3.35. The van der Waals surface area contributed by atoms with Crippen LogP contribution in [0.2, 0.25) is 5.15 Å². The molecule has 0 aliphatic heterocycles. The molecule has 0 saturated heterocycles. The molecule has 2 heterocycles. The van der Waals surface area contributed by atoms with Crippen LogP contribution in [0.4, 0.5) is 11.6 Å². The van der Waals surface area contributed by atoms with E-state index in [1.165, 1.54) is 6.33 Å². The van der Waals surface area contributed by atoms with Gasteiger partial charge < -0.3 is 4.90 Å². The Hall–Kier alpha value is -2.40. The van der Waals surface area contributed by atoms with E-state index >= 15 is 0 Å². The fourth-order valence-corrected chi connectivity index (χ4v) is 2.09. The minimum Gasteiger partial charge on any atom is -0.315 e. The fraction of sp³-hybridized carbons (Fsp3) is 0.0714. The van der Waals surface area contributed by atoms with Gasteiger partial charge in [-0.15, -0.1) is 0 Å². The van der Waals surface area contributed by atoms with Crippen molar-refractivity contribution in [1.82, 2.24) is 19.5 Å². The summed E-state index contributed by atoms with van der Waals surface area (Å²) < 4.78 is 1.86. The van der Waals surface area contributed by atoms with Crippen molar-refractivity contribution in [3.8, 4) is 5.82 Å². The Morgan fingerprint density at radius 1 is 1.10 bits per heavy atom. The van der Waals surface area contributed by atoms with Crippen LogP contribution < -0.4 is 4.90 Å². The lowest BCUT2D eigenvalue weighted by Gasteiger charge is -2.19. The number of hydrogen-bond donors (Lipinski definition) is 0. The SMILES string of the molecule is CN(c1ccccc1)c1nccn1-c1cc(Cl)ncn1. The zero-order valence-electron chi connectivity index (χ0n) is 10.8. The molecule has 0 aliphatic carbocycles. The molecule has 0 radical (unpaired) electrons. The Morgan fingerprint density at radius 3 is 2.65 bits per heavy atom. The lowest BCUT2D eigenvalue weighted by molar-refractivity contribution is 0.937. The Bertz CT molecular complexity index is 710. The van der Waals surface area contributed by atoms with Gasteiger partial charge in [-0.2, -0.15) is 0 Å². The van der Waals surface area contributed by atoms with Crippen molar-refractivity contribution >= 4 is 23.2 Å². The van der Waals surface area contributed by atoms with Crippen molar-refractivity contribution < 1.29 is 0 Å². The Balaban J connectivity index is 2.03. The van der Waals surface area contributed by atoms with Gasteiger partial charge in [-0.05, 0) is 12.1 Å². The first kappa shape index (κ1) is 12.6. The summed E-state index contributed by atoms with van der Waals surface area (Å²) in [5, 5.41) is 0.400. The average molecular weight is 286 g/mol. The third-order valence-corrected chi connectivity index (χ3v) is 3.14. The number of hydrogen-bond acceptors (Lipinski definition) is 4. The second kappa shape index (κ2) is 5.30. The number of para-hydroxylation sites is 1. The van der Waals surface area contributed by atoms with Gasteiger partial charge in [-0.1, -0.05) is 29.8 Å². The summed E-state index contributed by atoms with van der Waals surface area (Å²) >= 11 is 5.91. The van der Waals surface area contributed by atoms with E-state index < -0.39 is 0 Å². The van der Waals surface area contributed by atoms with Crippen LogP contribution in [0.3, 0.4) is 0 Å². The molecule has 2 aromatic heterocycles. The first-order valence-electron chi connectivity index (χ1n) is 6.06. The molecule has 20 heavy (non-hydrogen) atoms. The summed E-state index contributed by atoms with van der Waals surface area (Å²) in [4.78, 5) is 14.5. The van der Waals surface area contributed by atoms with Gasteiger partial charge in [0.1, 0.15) is 17.3 Å². The number of aromatic nitrogens is 4. The highest BCUT2D eigenvalue weighted by Gasteiger charge is 2.12. The van der Waals surface area contributed by atoms with Gasteiger partial charge in [0, 0.05) is 31.2 Å². The van der Waals surface area contributed by atoms with Gasteiger partial charge in [0.2, 0.25) is 5.95 Å². The van der Waals surface area contributed by atoms with Crippen LogP contribution in [-0.2, 0) is 0 Å². The van der Waals surface area contributed by atoms with E-state index in [4.69, 9.17) is 11.6 Å². The molecular formula is C14H12ClN5. The van der Waals surface area contributed by atoms with Crippen LogP contribution in [-0.4, -0.2) is 26.6 Å². The molecule has 0 amide bonds. The molecule has 0 N–H and O–H groups in total. The van der Waals surface area contributed by atoms with Crippen molar-refractivity contribution in [2.75, 3.05) is 11.9 Å². The predicted molar refractivity (Wildman–Crippen MR) is 78.7 cm³/mol. The van der Waals surface area contributed by atoms with Crippen LogP contribution in [0, 0.1) is 0 Å². The highest BCUT2D eigenvalue weighted by molar-refractivity contribution is 6.29. The van der Waals surface area contributed by atoms with Crippen LogP contribution >= 0.6 is 11.6 Å². The fourth-order valence-electron chi connectivity index (χ4n) is 1.95. The molecule has 0 aliphatic rings. The molecule has 0 unspecified atom stereocenters. The van der Waals surface area contributed by atoms with E-state index in [0.29, 0.717) is 11.0 Å². The topological polar surface area (TPSA) is 46.8 Å². The van der Waals surface area contributed by atoms with E-state index in [9.17, 15) is 0 Å². The number of rotatable bonds is 3. The number of benzene rings is 1. The van der Waals surface area contributed by atoms with Gasteiger partial charge in [-0.3, -0.25) is 4.57 Å². The van der Waals surface area contributed by atoms with E-state index in [-0.39, 0.29) is 0 Å². The molecule has 3 rings (SSSR count). The molecule has 1 aromatic carbocycles. The number of imidazole rings is 1. The molecule has 0 atom stereocenters. The summed E-state index contributed by atoms with van der Waals surface area (Å²) in [6.07, 6.45) is 5.00. The van der Waals surface area contributed by atoms with Crippen molar-refractivity contribution in [3.05, 3.63) is 60.3 Å².